The van der Waals surface area contributed by atoms with Crippen LogP contribution in [0.2, 0.25) is 0 Å². The third kappa shape index (κ3) is 5.49. The molecule has 7 aromatic carbocycles. The van der Waals surface area contributed by atoms with Gasteiger partial charge in [0.15, 0.2) is 17.5 Å². The summed E-state index contributed by atoms with van der Waals surface area (Å²) < 4.78 is 0. The maximum Gasteiger partial charge on any atom is 0.164 e. The second-order valence-electron chi connectivity index (χ2n) is 12.3. The smallest absolute Gasteiger partial charge is 0.164 e. The van der Waals surface area contributed by atoms with Gasteiger partial charge in [0.2, 0.25) is 0 Å². The summed E-state index contributed by atoms with van der Waals surface area (Å²) in [6.45, 7) is 0. The van der Waals surface area contributed by atoms with Crippen LogP contribution in [0.15, 0.2) is 182 Å². The van der Waals surface area contributed by atoms with E-state index in [0.29, 0.717) is 17.5 Å². The molecule has 50 heavy (non-hydrogen) atoms. The zero-order chi connectivity index (χ0) is 33.3. The summed E-state index contributed by atoms with van der Waals surface area (Å²) in [7, 11) is 0. The molecule has 0 saturated heterocycles. The highest BCUT2D eigenvalue weighted by Crippen LogP contribution is 2.39. The Morgan fingerprint density at radius 2 is 0.740 bits per heavy atom. The molecule has 0 aliphatic heterocycles. The van der Waals surface area contributed by atoms with Gasteiger partial charge < -0.3 is 0 Å². The van der Waals surface area contributed by atoms with Crippen LogP contribution < -0.4 is 0 Å². The molecule has 0 aliphatic rings. The van der Waals surface area contributed by atoms with Crippen molar-refractivity contribution in [3.05, 3.63) is 182 Å². The Balaban J connectivity index is 1.12. The third-order valence-corrected chi connectivity index (χ3v) is 9.12. The molecule has 0 saturated carbocycles. The van der Waals surface area contributed by atoms with Crippen molar-refractivity contribution in [2.24, 2.45) is 0 Å². The first-order valence-electron chi connectivity index (χ1n) is 16.7. The lowest BCUT2D eigenvalue weighted by molar-refractivity contribution is 1.07. The van der Waals surface area contributed by atoms with Gasteiger partial charge in [0.1, 0.15) is 0 Å². The van der Waals surface area contributed by atoms with Crippen LogP contribution in [0, 0.1) is 0 Å². The quantitative estimate of drug-likeness (QED) is 0.170. The molecule has 0 radical (unpaired) electrons. The van der Waals surface area contributed by atoms with Crippen LogP contribution in [0.5, 0.6) is 0 Å². The third-order valence-electron chi connectivity index (χ3n) is 9.12. The van der Waals surface area contributed by atoms with Crippen LogP contribution in [0.3, 0.4) is 0 Å². The van der Waals surface area contributed by atoms with Gasteiger partial charge in [0.05, 0.1) is 11.2 Å². The molecule has 0 amide bonds. The molecule has 2 aromatic heterocycles. The Bertz CT molecular complexity index is 2560. The van der Waals surface area contributed by atoms with Crippen molar-refractivity contribution in [2.75, 3.05) is 0 Å². The summed E-state index contributed by atoms with van der Waals surface area (Å²) in [4.78, 5) is 19.9. The monoisotopic (exact) mass is 638 g/mol. The van der Waals surface area contributed by atoms with Crippen LogP contribution in [0.1, 0.15) is 0 Å². The van der Waals surface area contributed by atoms with E-state index in [1.54, 1.807) is 0 Å². The van der Waals surface area contributed by atoms with Crippen molar-refractivity contribution in [1.29, 1.82) is 0 Å². The molecule has 0 N–H and O–H groups in total. The zero-order valence-corrected chi connectivity index (χ0v) is 27.1. The van der Waals surface area contributed by atoms with Crippen LogP contribution in [-0.2, 0) is 0 Å². The van der Waals surface area contributed by atoms with Gasteiger partial charge in [0, 0.05) is 38.4 Å². The Morgan fingerprint density at radius 3 is 1.38 bits per heavy atom. The first kappa shape index (κ1) is 29.4. The summed E-state index contributed by atoms with van der Waals surface area (Å²) in [5.41, 5.74) is 10.5. The number of para-hydroxylation sites is 1. The predicted molar refractivity (Wildman–Crippen MR) is 205 cm³/mol. The summed E-state index contributed by atoms with van der Waals surface area (Å²) in [5, 5.41) is 3.51. The average Bonchev–Trinajstić information content (AvgIpc) is 3.21. The predicted octanol–water partition coefficient (Wildman–Crippen LogP) is 11.6. The molecular weight excluding hydrogens is 609 g/mol. The maximum absolute atomic E-state index is 5.24. The highest BCUT2D eigenvalue weighted by molar-refractivity contribution is 6.17. The second-order valence-corrected chi connectivity index (χ2v) is 12.3. The number of aromatic nitrogens is 4. The number of fused-ring (bicyclic) bond motifs is 3. The van der Waals surface area contributed by atoms with E-state index in [2.05, 4.69) is 121 Å². The minimum absolute atomic E-state index is 0.638. The van der Waals surface area contributed by atoms with Gasteiger partial charge >= 0.3 is 0 Å². The minimum atomic E-state index is 0.638. The van der Waals surface area contributed by atoms with E-state index in [9.17, 15) is 0 Å². The van der Waals surface area contributed by atoms with E-state index < -0.39 is 0 Å². The number of benzene rings is 7. The molecule has 4 nitrogen and oxygen atoms in total. The normalized spacial score (nSPS) is 11.2. The highest BCUT2D eigenvalue weighted by atomic mass is 15.0. The number of pyridine rings is 1. The van der Waals surface area contributed by atoms with Crippen molar-refractivity contribution >= 4 is 21.7 Å². The maximum atomic E-state index is 5.24. The molecule has 0 aliphatic carbocycles. The molecule has 2 heterocycles. The van der Waals surface area contributed by atoms with Crippen molar-refractivity contribution in [2.45, 2.75) is 0 Å². The largest absolute Gasteiger partial charge is 0.247 e. The molecule has 4 heteroatoms. The summed E-state index contributed by atoms with van der Waals surface area (Å²) >= 11 is 0. The van der Waals surface area contributed by atoms with Crippen molar-refractivity contribution in [3.63, 3.8) is 0 Å². The van der Waals surface area contributed by atoms with Crippen molar-refractivity contribution < 1.29 is 0 Å². The van der Waals surface area contributed by atoms with Gasteiger partial charge in [0.25, 0.3) is 0 Å². The molecule has 0 fully saturated rings. The molecule has 0 bridgehead atoms. The second kappa shape index (κ2) is 12.7. The zero-order valence-electron chi connectivity index (χ0n) is 27.1. The van der Waals surface area contributed by atoms with E-state index in [1.807, 2.05) is 60.7 Å². The van der Waals surface area contributed by atoms with Gasteiger partial charge in [-0.15, -0.1) is 0 Å². The number of hydrogen-bond acceptors (Lipinski definition) is 4. The Morgan fingerprint density at radius 1 is 0.280 bits per heavy atom. The Kier molecular flexibility index (Phi) is 7.45. The van der Waals surface area contributed by atoms with E-state index >= 15 is 0 Å². The molecule has 234 valence electrons. The van der Waals surface area contributed by atoms with Gasteiger partial charge in [-0.1, -0.05) is 170 Å². The van der Waals surface area contributed by atoms with Gasteiger partial charge in [-0.25, -0.2) is 19.9 Å². The molecule has 9 aromatic rings. The fourth-order valence-corrected chi connectivity index (χ4v) is 6.68. The lowest BCUT2D eigenvalue weighted by Gasteiger charge is -2.15. The van der Waals surface area contributed by atoms with E-state index in [-0.39, 0.29) is 0 Å². The topological polar surface area (TPSA) is 51.6 Å². The summed E-state index contributed by atoms with van der Waals surface area (Å²) in [6.07, 6.45) is 0. The van der Waals surface area contributed by atoms with Gasteiger partial charge in [-0.2, -0.15) is 0 Å². The highest BCUT2D eigenvalue weighted by Gasteiger charge is 2.16. The first-order chi connectivity index (χ1) is 24.8. The molecule has 0 atom stereocenters. The average molecular weight is 639 g/mol. The number of hydrogen-bond donors (Lipinski definition) is 0. The lowest BCUT2D eigenvalue weighted by atomic mass is 9.92. The summed E-state index contributed by atoms with van der Waals surface area (Å²) in [5.74, 6) is 1.94. The minimum Gasteiger partial charge on any atom is -0.247 e. The van der Waals surface area contributed by atoms with Gasteiger partial charge in [-0.3, -0.25) is 0 Å². The van der Waals surface area contributed by atoms with Crippen LogP contribution >= 0.6 is 0 Å². The fourth-order valence-electron chi connectivity index (χ4n) is 6.68. The number of nitrogens with zero attached hydrogens (tertiary/aromatic N) is 4. The van der Waals surface area contributed by atoms with Gasteiger partial charge in [-0.05, 0) is 34.4 Å². The molecular formula is C46H30N4. The van der Waals surface area contributed by atoms with Crippen LogP contribution in [-0.4, -0.2) is 19.9 Å². The Hall–Kier alpha value is -6.78. The molecule has 9 rings (SSSR count). The van der Waals surface area contributed by atoms with E-state index in [1.165, 1.54) is 16.5 Å². The van der Waals surface area contributed by atoms with Crippen LogP contribution in [0.25, 0.3) is 89.4 Å². The lowest BCUT2D eigenvalue weighted by Crippen LogP contribution is -2.00. The van der Waals surface area contributed by atoms with E-state index in [0.717, 1.165) is 55.4 Å². The Labute approximate surface area is 290 Å². The molecule has 0 unspecified atom stereocenters. The SMILES string of the molecule is c1ccc(-c2nc(-c3ccccc3)nc(-c3ccc(-c4cccc(-c5nc6ccccc6c6c(-c7ccccc7)cccc56)c4)cc3)n2)cc1. The summed E-state index contributed by atoms with van der Waals surface area (Å²) in [6, 6.07) is 62.8. The molecule has 0 spiro atoms. The number of rotatable bonds is 6. The van der Waals surface area contributed by atoms with Crippen molar-refractivity contribution in [3.8, 4) is 67.7 Å². The first-order valence-corrected chi connectivity index (χ1v) is 16.7. The fraction of sp³-hybridized carbons (Fsp3) is 0. The van der Waals surface area contributed by atoms with Crippen molar-refractivity contribution in [1.82, 2.24) is 19.9 Å². The van der Waals surface area contributed by atoms with Crippen LogP contribution in [0.4, 0.5) is 0 Å². The standard InChI is InChI=1S/C46H30N4/c1-4-14-32(15-5-1)38-23-13-24-40-42(38)39-22-10-11-25-41(39)47-43(40)37-21-12-20-36(30-37)31-26-28-35(29-27-31)46-49-44(33-16-6-2-7-17-33)48-45(50-46)34-18-8-3-9-19-34/h1-30H. The van der Waals surface area contributed by atoms with E-state index in [4.69, 9.17) is 19.9 Å².